The molecule has 0 saturated carbocycles. The van der Waals surface area contributed by atoms with E-state index in [2.05, 4.69) is 42.4 Å². The Morgan fingerprint density at radius 1 is 0.947 bits per heavy atom. The first kappa shape index (κ1) is 14.0. The van der Waals surface area contributed by atoms with Gasteiger partial charge >= 0.3 is 0 Å². The monoisotopic (exact) mass is 380 g/mol. The van der Waals surface area contributed by atoms with Gasteiger partial charge in [-0.15, -0.1) is 0 Å². The summed E-state index contributed by atoms with van der Waals surface area (Å²) >= 11 is 6.67. The molecule has 0 radical (unpaired) electrons. The van der Waals surface area contributed by atoms with Gasteiger partial charge in [0.15, 0.2) is 0 Å². The average Bonchev–Trinajstić information content (AvgIpc) is 2.41. The fraction of sp³-hybridized carbons (Fsp3) is 0. The number of benzene rings is 2. The molecule has 96 valence electrons. The van der Waals surface area contributed by atoms with Crippen molar-refractivity contribution in [1.29, 1.82) is 0 Å². The summed E-state index contributed by atoms with van der Waals surface area (Å²) < 4.78 is 1.94. The Morgan fingerprint density at radius 3 is 2.05 bits per heavy atom. The van der Waals surface area contributed by atoms with Crippen LogP contribution in [-0.2, 0) is 0 Å². The second kappa shape index (κ2) is 6.63. The average molecular weight is 382 g/mol. The molecule has 19 heavy (non-hydrogen) atoms. The number of carbonyl (C=O) groups excluding carboxylic acids is 1. The lowest BCUT2D eigenvalue weighted by atomic mass is 10.2. The highest BCUT2D eigenvalue weighted by molar-refractivity contribution is 9.10. The lowest BCUT2D eigenvalue weighted by Crippen LogP contribution is -2.17. The quantitative estimate of drug-likeness (QED) is 0.634. The van der Waals surface area contributed by atoms with E-state index in [1.807, 2.05) is 36.4 Å². The number of hydrazone groups is 1. The standard InChI is InChI=1S/C14H10Br2N2O/c15-12-5-1-10(2-6-12)9-17-18-14(19)11-3-7-13(16)8-4-11/h1-9H,(H,18,19). The first-order chi connectivity index (χ1) is 9.15. The molecule has 3 nitrogen and oxygen atoms in total. The van der Waals surface area contributed by atoms with Gasteiger partial charge in [-0.1, -0.05) is 44.0 Å². The molecule has 0 unspecified atom stereocenters. The van der Waals surface area contributed by atoms with Crippen LogP contribution in [0.15, 0.2) is 62.6 Å². The molecule has 0 bridgehead atoms. The molecule has 2 aromatic carbocycles. The number of amides is 1. The van der Waals surface area contributed by atoms with Gasteiger partial charge in [-0.05, 0) is 42.0 Å². The Morgan fingerprint density at radius 2 is 1.47 bits per heavy atom. The second-order valence-corrected chi connectivity index (χ2v) is 5.59. The highest BCUT2D eigenvalue weighted by Gasteiger charge is 2.02. The highest BCUT2D eigenvalue weighted by atomic mass is 79.9. The van der Waals surface area contributed by atoms with Crippen molar-refractivity contribution >= 4 is 44.0 Å². The summed E-state index contributed by atoms with van der Waals surface area (Å²) in [6.07, 6.45) is 1.60. The fourth-order valence-corrected chi connectivity index (χ4v) is 1.91. The van der Waals surface area contributed by atoms with Crippen molar-refractivity contribution in [2.45, 2.75) is 0 Å². The summed E-state index contributed by atoms with van der Waals surface area (Å²) in [5.41, 5.74) is 3.97. The molecule has 5 heteroatoms. The minimum absolute atomic E-state index is 0.235. The molecule has 0 aliphatic carbocycles. The largest absolute Gasteiger partial charge is 0.271 e. The Kier molecular flexibility index (Phi) is 4.87. The third-order valence-electron chi connectivity index (χ3n) is 2.36. The van der Waals surface area contributed by atoms with E-state index in [0.29, 0.717) is 5.56 Å². The van der Waals surface area contributed by atoms with Crippen LogP contribution in [0.3, 0.4) is 0 Å². The maximum absolute atomic E-state index is 11.8. The van der Waals surface area contributed by atoms with E-state index in [0.717, 1.165) is 14.5 Å². The topological polar surface area (TPSA) is 41.5 Å². The summed E-state index contributed by atoms with van der Waals surface area (Å²) in [5, 5.41) is 3.92. The normalized spacial score (nSPS) is 10.6. The molecule has 0 aliphatic rings. The first-order valence-electron chi connectivity index (χ1n) is 5.50. The number of nitrogens with one attached hydrogen (secondary N) is 1. The van der Waals surface area contributed by atoms with Gasteiger partial charge in [0, 0.05) is 14.5 Å². The van der Waals surface area contributed by atoms with E-state index in [1.54, 1.807) is 18.3 Å². The number of hydrogen-bond donors (Lipinski definition) is 1. The van der Waals surface area contributed by atoms with Crippen LogP contribution in [0.1, 0.15) is 15.9 Å². The van der Waals surface area contributed by atoms with Crippen molar-refractivity contribution in [3.8, 4) is 0 Å². The van der Waals surface area contributed by atoms with E-state index >= 15 is 0 Å². The van der Waals surface area contributed by atoms with Gasteiger partial charge in [0.25, 0.3) is 5.91 Å². The molecular formula is C14H10Br2N2O. The predicted molar refractivity (Wildman–Crippen MR) is 83.3 cm³/mol. The molecule has 0 spiro atoms. The lowest BCUT2D eigenvalue weighted by Gasteiger charge is -1.99. The Hall–Kier alpha value is -1.46. The molecular weight excluding hydrogens is 372 g/mol. The SMILES string of the molecule is O=C(NN=Cc1ccc(Br)cc1)c1ccc(Br)cc1. The maximum Gasteiger partial charge on any atom is 0.271 e. The number of halogens is 2. The molecule has 0 atom stereocenters. The van der Waals surface area contributed by atoms with Crippen LogP contribution in [0.25, 0.3) is 0 Å². The van der Waals surface area contributed by atoms with Crippen molar-refractivity contribution in [1.82, 2.24) is 5.43 Å². The smallest absolute Gasteiger partial charge is 0.267 e. The van der Waals surface area contributed by atoms with Crippen LogP contribution in [0.4, 0.5) is 0 Å². The number of carbonyl (C=O) groups is 1. The van der Waals surface area contributed by atoms with Crippen molar-refractivity contribution in [2.75, 3.05) is 0 Å². The molecule has 2 rings (SSSR count). The van der Waals surface area contributed by atoms with Crippen LogP contribution < -0.4 is 5.43 Å². The Labute approximate surface area is 128 Å². The summed E-state index contributed by atoms with van der Waals surface area (Å²) in [5.74, 6) is -0.235. The maximum atomic E-state index is 11.8. The highest BCUT2D eigenvalue weighted by Crippen LogP contribution is 2.10. The zero-order valence-corrected chi connectivity index (χ0v) is 13.0. The molecule has 0 aromatic heterocycles. The molecule has 2 aromatic rings. The van der Waals surface area contributed by atoms with E-state index in [1.165, 1.54) is 0 Å². The second-order valence-electron chi connectivity index (χ2n) is 3.76. The van der Waals surface area contributed by atoms with E-state index in [4.69, 9.17) is 0 Å². The molecule has 1 amide bonds. The third-order valence-corrected chi connectivity index (χ3v) is 3.41. The van der Waals surface area contributed by atoms with Crippen LogP contribution in [-0.4, -0.2) is 12.1 Å². The van der Waals surface area contributed by atoms with Gasteiger partial charge in [0.05, 0.1) is 6.21 Å². The first-order valence-corrected chi connectivity index (χ1v) is 7.08. The van der Waals surface area contributed by atoms with E-state index in [-0.39, 0.29) is 5.91 Å². The Bertz CT molecular complexity index is 592. The molecule has 0 saturated heterocycles. The van der Waals surface area contributed by atoms with Crippen molar-refractivity contribution in [3.05, 3.63) is 68.6 Å². The number of nitrogens with zero attached hydrogens (tertiary/aromatic N) is 1. The van der Waals surface area contributed by atoms with Crippen LogP contribution in [0.5, 0.6) is 0 Å². The van der Waals surface area contributed by atoms with Crippen LogP contribution in [0, 0.1) is 0 Å². The molecule has 0 fully saturated rings. The van der Waals surface area contributed by atoms with Crippen molar-refractivity contribution in [2.24, 2.45) is 5.10 Å². The minimum atomic E-state index is -0.235. The fourth-order valence-electron chi connectivity index (χ4n) is 1.38. The van der Waals surface area contributed by atoms with Gasteiger partial charge in [-0.25, -0.2) is 5.43 Å². The van der Waals surface area contributed by atoms with Crippen LogP contribution >= 0.6 is 31.9 Å². The van der Waals surface area contributed by atoms with Crippen molar-refractivity contribution < 1.29 is 4.79 Å². The van der Waals surface area contributed by atoms with Gasteiger partial charge in [-0.3, -0.25) is 4.79 Å². The molecule has 0 aliphatic heterocycles. The third kappa shape index (κ3) is 4.29. The Balaban J connectivity index is 1.96. The van der Waals surface area contributed by atoms with Gasteiger partial charge in [-0.2, -0.15) is 5.10 Å². The van der Waals surface area contributed by atoms with Gasteiger partial charge in [0.2, 0.25) is 0 Å². The minimum Gasteiger partial charge on any atom is -0.267 e. The zero-order valence-electron chi connectivity index (χ0n) is 9.81. The van der Waals surface area contributed by atoms with Gasteiger partial charge < -0.3 is 0 Å². The molecule has 1 N–H and O–H groups in total. The number of rotatable bonds is 3. The predicted octanol–water partition coefficient (Wildman–Crippen LogP) is 3.98. The summed E-state index contributed by atoms with van der Waals surface area (Å²) in [7, 11) is 0. The lowest BCUT2D eigenvalue weighted by molar-refractivity contribution is 0.0955. The van der Waals surface area contributed by atoms with E-state index < -0.39 is 0 Å². The number of hydrogen-bond acceptors (Lipinski definition) is 2. The van der Waals surface area contributed by atoms with Crippen molar-refractivity contribution in [3.63, 3.8) is 0 Å². The summed E-state index contributed by atoms with van der Waals surface area (Å²) in [6, 6.07) is 14.7. The van der Waals surface area contributed by atoms with Crippen LogP contribution in [0.2, 0.25) is 0 Å². The molecule has 0 heterocycles. The summed E-state index contributed by atoms with van der Waals surface area (Å²) in [4.78, 5) is 11.8. The van der Waals surface area contributed by atoms with Gasteiger partial charge in [0.1, 0.15) is 0 Å². The summed E-state index contributed by atoms with van der Waals surface area (Å²) in [6.45, 7) is 0. The van der Waals surface area contributed by atoms with E-state index in [9.17, 15) is 4.79 Å². The zero-order chi connectivity index (χ0) is 13.7.